The Labute approximate surface area is 121 Å². The lowest BCUT2D eigenvalue weighted by Gasteiger charge is -2.20. The molecule has 2 aromatic carbocycles. The standard InChI is InChI=1S/C18H21Cl/c1-18(2,3)16-11-9-15(10-12-16)17(19)13-14-7-5-4-6-8-14/h4-12,17H,13H2,1-3H3. The van der Waals surface area contributed by atoms with E-state index in [0.717, 1.165) is 6.42 Å². The summed E-state index contributed by atoms with van der Waals surface area (Å²) in [6.07, 6.45) is 0.872. The minimum absolute atomic E-state index is 0.0384. The van der Waals surface area contributed by atoms with Gasteiger partial charge in [0.2, 0.25) is 0 Å². The van der Waals surface area contributed by atoms with Crippen LogP contribution in [0.5, 0.6) is 0 Å². The van der Waals surface area contributed by atoms with Gasteiger partial charge in [0.15, 0.2) is 0 Å². The van der Waals surface area contributed by atoms with Crippen molar-refractivity contribution in [2.45, 2.75) is 38.0 Å². The molecular formula is C18H21Cl. The molecule has 0 saturated carbocycles. The predicted octanol–water partition coefficient (Wildman–Crippen LogP) is 5.51. The Hall–Kier alpha value is -1.27. The fourth-order valence-electron chi connectivity index (χ4n) is 2.13. The molecule has 2 rings (SSSR count). The van der Waals surface area contributed by atoms with Crippen molar-refractivity contribution in [2.24, 2.45) is 0 Å². The van der Waals surface area contributed by atoms with Gasteiger partial charge >= 0.3 is 0 Å². The van der Waals surface area contributed by atoms with Crippen molar-refractivity contribution in [3.05, 3.63) is 71.3 Å². The summed E-state index contributed by atoms with van der Waals surface area (Å²) in [5.41, 5.74) is 4.01. The summed E-state index contributed by atoms with van der Waals surface area (Å²) in [7, 11) is 0. The van der Waals surface area contributed by atoms with E-state index in [9.17, 15) is 0 Å². The maximum absolute atomic E-state index is 6.51. The SMILES string of the molecule is CC(C)(C)c1ccc(C(Cl)Cc2ccccc2)cc1. The first-order chi connectivity index (χ1) is 8.97. The molecule has 0 heterocycles. The molecule has 0 fully saturated rings. The fourth-order valence-corrected chi connectivity index (χ4v) is 2.45. The second-order valence-electron chi connectivity index (χ2n) is 6.03. The van der Waals surface area contributed by atoms with Gasteiger partial charge in [-0.1, -0.05) is 75.4 Å². The van der Waals surface area contributed by atoms with Crippen molar-refractivity contribution < 1.29 is 0 Å². The normalized spacial score (nSPS) is 13.3. The van der Waals surface area contributed by atoms with Crippen molar-refractivity contribution in [3.63, 3.8) is 0 Å². The van der Waals surface area contributed by atoms with Crippen molar-refractivity contribution in [3.8, 4) is 0 Å². The Bertz CT molecular complexity index is 506. The lowest BCUT2D eigenvalue weighted by atomic mass is 9.86. The number of halogens is 1. The van der Waals surface area contributed by atoms with E-state index in [-0.39, 0.29) is 10.8 Å². The number of benzene rings is 2. The maximum atomic E-state index is 6.51. The van der Waals surface area contributed by atoms with Crippen molar-refractivity contribution in [1.82, 2.24) is 0 Å². The first-order valence-corrected chi connectivity index (χ1v) is 7.19. The van der Waals surface area contributed by atoms with Gasteiger partial charge in [-0.2, -0.15) is 0 Å². The molecule has 0 radical (unpaired) electrons. The molecule has 1 unspecified atom stereocenters. The smallest absolute Gasteiger partial charge is 0.0625 e. The molecule has 2 aromatic rings. The summed E-state index contributed by atoms with van der Waals surface area (Å²) >= 11 is 6.51. The summed E-state index contributed by atoms with van der Waals surface area (Å²) in [5.74, 6) is 0. The lowest BCUT2D eigenvalue weighted by molar-refractivity contribution is 0.590. The highest BCUT2D eigenvalue weighted by molar-refractivity contribution is 6.20. The third-order valence-electron chi connectivity index (χ3n) is 3.40. The van der Waals surface area contributed by atoms with Crippen LogP contribution in [0.15, 0.2) is 54.6 Å². The van der Waals surface area contributed by atoms with E-state index < -0.39 is 0 Å². The van der Waals surface area contributed by atoms with Crippen LogP contribution in [0.25, 0.3) is 0 Å². The van der Waals surface area contributed by atoms with E-state index in [1.807, 2.05) is 6.07 Å². The van der Waals surface area contributed by atoms with Gasteiger partial charge in [0.25, 0.3) is 0 Å². The first kappa shape index (κ1) is 14.1. The van der Waals surface area contributed by atoms with Gasteiger partial charge in [0, 0.05) is 0 Å². The van der Waals surface area contributed by atoms with Gasteiger partial charge < -0.3 is 0 Å². The minimum Gasteiger partial charge on any atom is -0.117 e. The summed E-state index contributed by atoms with van der Waals surface area (Å²) in [5, 5.41) is 0.0384. The summed E-state index contributed by atoms with van der Waals surface area (Å²) in [4.78, 5) is 0. The maximum Gasteiger partial charge on any atom is 0.0625 e. The van der Waals surface area contributed by atoms with E-state index in [1.54, 1.807) is 0 Å². The van der Waals surface area contributed by atoms with Crippen molar-refractivity contribution in [1.29, 1.82) is 0 Å². The van der Waals surface area contributed by atoms with E-state index in [0.29, 0.717) is 0 Å². The van der Waals surface area contributed by atoms with E-state index in [2.05, 4.69) is 69.3 Å². The van der Waals surface area contributed by atoms with Crippen molar-refractivity contribution in [2.75, 3.05) is 0 Å². The first-order valence-electron chi connectivity index (χ1n) is 6.75. The van der Waals surface area contributed by atoms with Gasteiger partial charge in [0.1, 0.15) is 0 Å². The van der Waals surface area contributed by atoms with E-state index in [1.165, 1.54) is 16.7 Å². The Kier molecular flexibility index (Phi) is 4.31. The highest BCUT2D eigenvalue weighted by Crippen LogP contribution is 2.28. The molecule has 0 nitrogen and oxygen atoms in total. The molecule has 0 aromatic heterocycles. The van der Waals surface area contributed by atoms with Gasteiger partial charge in [-0.25, -0.2) is 0 Å². The van der Waals surface area contributed by atoms with Crippen LogP contribution in [0.2, 0.25) is 0 Å². The third kappa shape index (κ3) is 3.84. The summed E-state index contributed by atoms with van der Waals surface area (Å²) in [6, 6.07) is 19.1. The predicted molar refractivity (Wildman–Crippen MR) is 83.9 cm³/mol. The van der Waals surface area contributed by atoms with Gasteiger partial charge in [-0.15, -0.1) is 11.6 Å². The molecule has 1 atom stereocenters. The van der Waals surface area contributed by atoms with E-state index in [4.69, 9.17) is 11.6 Å². The zero-order valence-corrected chi connectivity index (χ0v) is 12.6. The minimum atomic E-state index is 0.0384. The van der Waals surface area contributed by atoms with Crippen LogP contribution in [0.3, 0.4) is 0 Å². The van der Waals surface area contributed by atoms with Gasteiger partial charge in [0.05, 0.1) is 5.38 Å². The van der Waals surface area contributed by atoms with Crippen LogP contribution >= 0.6 is 11.6 Å². The van der Waals surface area contributed by atoms with Crippen LogP contribution < -0.4 is 0 Å². The topological polar surface area (TPSA) is 0 Å². The highest BCUT2D eigenvalue weighted by atomic mass is 35.5. The molecule has 0 aliphatic rings. The van der Waals surface area contributed by atoms with Crippen molar-refractivity contribution >= 4 is 11.6 Å². The summed E-state index contributed by atoms with van der Waals surface area (Å²) < 4.78 is 0. The van der Waals surface area contributed by atoms with Crippen LogP contribution in [0, 0.1) is 0 Å². The van der Waals surface area contributed by atoms with E-state index >= 15 is 0 Å². The van der Waals surface area contributed by atoms with Crippen LogP contribution in [-0.2, 0) is 11.8 Å². The Morgan fingerprint density at radius 3 is 2.00 bits per heavy atom. The quantitative estimate of drug-likeness (QED) is 0.647. The Balaban J connectivity index is 2.10. The van der Waals surface area contributed by atoms with Crippen LogP contribution in [0.4, 0.5) is 0 Å². The molecule has 0 bridgehead atoms. The molecule has 0 aliphatic heterocycles. The average Bonchev–Trinajstić information content (AvgIpc) is 2.39. The number of rotatable bonds is 3. The molecule has 0 spiro atoms. The second-order valence-corrected chi connectivity index (χ2v) is 6.56. The number of hydrogen-bond donors (Lipinski definition) is 0. The molecular weight excluding hydrogens is 252 g/mol. The molecule has 0 saturated heterocycles. The van der Waals surface area contributed by atoms with Crippen LogP contribution in [-0.4, -0.2) is 0 Å². The van der Waals surface area contributed by atoms with Crippen LogP contribution in [0.1, 0.15) is 42.8 Å². The zero-order chi connectivity index (χ0) is 13.9. The molecule has 19 heavy (non-hydrogen) atoms. The average molecular weight is 273 g/mol. The number of hydrogen-bond acceptors (Lipinski definition) is 0. The largest absolute Gasteiger partial charge is 0.117 e. The monoisotopic (exact) mass is 272 g/mol. The van der Waals surface area contributed by atoms with Gasteiger partial charge in [-0.05, 0) is 28.5 Å². The highest BCUT2D eigenvalue weighted by Gasteiger charge is 2.14. The third-order valence-corrected chi connectivity index (χ3v) is 3.80. The zero-order valence-electron chi connectivity index (χ0n) is 11.9. The Morgan fingerprint density at radius 1 is 0.895 bits per heavy atom. The lowest BCUT2D eigenvalue weighted by Crippen LogP contribution is -2.10. The molecule has 0 aliphatic carbocycles. The molecule has 0 N–H and O–H groups in total. The molecule has 100 valence electrons. The Morgan fingerprint density at radius 2 is 1.47 bits per heavy atom. The summed E-state index contributed by atoms with van der Waals surface area (Å²) in [6.45, 7) is 6.68. The fraction of sp³-hybridized carbons (Fsp3) is 0.333. The molecule has 0 amide bonds. The second kappa shape index (κ2) is 5.79. The number of alkyl halides is 1. The van der Waals surface area contributed by atoms with Gasteiger partial charge in [-0.3, -0.25) is 0 Å². The molecule has 1 heteroatoms.